The van der Waals surface area contributed by atoms with Crippen LogP contribution in [0.15, 0.2) is 0 Å². The molecule has 2 amide bonds. The summed E-state index contributed by atoms with van der Waals surface area (Å²) in [5, 5.41) is 0. The number of carbonyl (C=O) groups is 2. The monoisotopic (exact) mass is 213 g/mol. The van der Waals surface area contributed by atoms with Crippen LogP contribution in [-0.4, -0.2) is 54.3 Å². The molecule has 0 aromatic carbocycles. The number of amides is 2. The lowest BCUT2D eigenvalue weighted by atomic mass is 10.0. The fraction of sp³-hybridized carbons (Fsp3) is 0.800. The van der Waals surface area contributed by atoms with Crippen LogP contribution in [0.4, 0.5) is 0 Å². The van der Waals surface area contributed by atoms with E-state index in [0.29, 0.717) is 6.54 Å². The molecule has 86 valence electrons. The summed E-state index contributed by atoms with van der Waals surface area (Å²) in [5.41, 5.74) is 5.67. The molecule has 2 atom stereocenters. The molecule has 0 aliphatic carbocycles. The predicted molar refractivity (Wildman–Crippen MR) is 57.1 cm³/mol. The van der Waals surface area contributed by atoms with E-state index in [1.54, 1.807) is 25.9 Å². The first-order valence-electron chi connectivity index (χ1n) is 5.22. The van der Waals surface area contributed by atoms with Crippen LogP contribution in [0.5, 0.6) is 0 Å². The predicted octanol–water partition coefficient (Wildman–Crippen LogP) is -0.587. The summed E-state index contributed by atoms with van der Waals surface area (Å²) in [4.78, 5) is 26.5. The van der Waals surface area contributed by atoms with E-state index in [-0.39, 0.29) is 11.8 Å². The summed E-state index contributed by atoms with van der Waals surface area (Å²) >= 11 is 0. The van der Waals surface area contributed by atoms with Crippen LogP contribution < -0.4 is 5.73 Å². The summed E-state index contributed by atoms with van der Waals surface area (Å²) < 4.78 is 0. The zero-order valence-electron chi connectivity index (χ0n) is 9.56. The molecule has 5 nitrogen and oxygen atoms in total. The van der Waals surface area contributed by atoms with Crippen molar-refractivity contribution in [2.45, 2.75) is 31.8 Å². The van der Waals surface area contributed by atoms with Crippen molar-refractivity contribution in [3.63, 3.8) is 0 Å². The number of nitrogens with zero attached hydrogens (tertiary/aromatic N) is 2. The molecule has 1 saturated heterocycles. The van der Waals surface area contributed by atoms with Crippen LogP contribution in [-0.2, 0) is 9.59 Å². The van der Waals surface area contributed by atoms with Gasteiger partial charge in [-0.05, 0) is 19.8 Å². The highest BCUT2D eigenvalue weighted by atomic mass is 16.2. The number of likely N-dealkylation sites (tertiary alicyclic amines) is 1. The molecule has 1 aliphatic heterocycles. The van der Waals surface area contributed by atoms with Gasteiger partial charge in [0, 0.05) is 20.6 Å². The first-order chi connectivity index (χ1) is 6.95. The van der Waals surface area contributed by atoms with Crippen molar-refractivity contribution in [1.82, 2.24) is 9.80 Å². The fourth-order valence-corrected chi connectivity index (χ4v) is 1.82. The van der Waals surface area contributed by atoms with E-state index in [0.717, 1.165) is 12.8 Å². The summed E-state index contributed by atoms with van der Waals surface area (Å²) in [6, 6.07) is -0.838. The number of hydrogen-bond acceptors (Lipinski definition) is 3. The Hall–Kier alpha value is -1.10. The van der Waals surface area contributed by atoms with Gasteiger partial charge in [-0.2, -0.15) is 0 Å². The summed E-state index contributed by atoms with van der Waals surface area (Å²) in [6.45, 7) is 2.38. The molecule has 5 heteroatoms. The summed E-state index contributed by atoms with van der Waals surface area (Å²) in [6.07, 6.45) is 1.59. The highest BCUT2D eigenvalue weighted by molar-refractivity contribution is 5.89. The molecule has 1 rings (SSSR count). The molecule has 0 saturated carbocycles. The van der Waals surface area contributed by atoms with Gasteiger partial charge in [-0.1, -0.05) is 0 Å². The molecular formula is C10H19N3O2. The molecule has 0 aromatic rings. The zero-order valence-corrected chi connectivity index (χ0v) is 9.56. The van der Waals surface area contributed by atoms with E-state index < -0.39 is 12.1 Å². The average molecular weight is 213 g/mol. The third kappa shape index (κ3) is 2.47. The number of nitrogens with two attached hydrogens (primary N) is 1. The van der Waals surface area contributed by atoms with Gasteiger partial charge in [-0.15, -0.1) is 0 Å². The lowest BCUT2D eigenvalue weighted by Gasteiger charge is -2.35. The molecular weight excluding hydrogens is 194 g/mol. The van der Waals surface area contributed by atoms with Crippen molar-refractivity contribution in [2.24, 2.45) is 5.73 Å². The van der Waals surface area contributed by atoms with Crippen LogP contribution in [0.2, 0.25) is 0 Å². The van der Waals surface area contributed by atoms with Gasteiger partial charge in [0.1, 0.15) is 6.04 Å². The standard InChI is InChI=1S/C10H19N3O2/c1-7(9(14)12(2)3)13-6-4-5-8(11)10(13)15/h7-8H,4-6,11H2,1-3H3/t7-,8-/m0/s1. The highest BCUT2D eigenvalue weighted by Gasteiger charge is 2.32. The molecule has 0 unspecified atom stereocenters. The molecule has 0 radical (unpaired) electrons. The van der Waals surface area contributed by atoms with E-state index in [1.807, 2.05) is 0 Å². The van der Waals surface area contributed by atoms with Gasteiger partial charge in [0.05, 0.1) is 6.04 Å². The molecule has 0 spiro atoms. The first-order valence-corrected chi connectivity index (χ1v) is 5.22. The molecule has 0 aromatic heterocycles. The first kappa shape index (κ1) is 12.0. The van der Waals surface area contributed by atoms with Gasteiger partial charge in [0.15, 0.2) is 0 Å². The lowest BCUT2D eigenvalue weighted by molar-refractivity contribution is -0.146. The van der Waals surface area contributed by atoms with Gasteiger partial charge in [0.25, 0.3) is 0 Å². The topological polar surface area (TPSA) is 66.6 Å². The Bertz CT molecular complexity index is 265. The van der Waals surface area contributed by atoms with Gasteiger partial charge < -0.3 is 15.5 Å². The Labute approximate surface area is 90.2 Å². The second kappa shape index (κ2) is 4.61. The number of likely N-dealkylation sites (N-methyl/N-ethyl adjacent to an activating group) is 1. The van der Waals surface area contributed by atoms with Crippen molar-refractivity contribution in [1.29, 1.82) is 0 Å². The largest absolute Gasteiger partial charge is 0.347 e. The molecule has 15 heavy (non-hydrogen) atoms. The van der Waals surface area contributed by atoms with Crippen LogP contribution in [0.1, 0.15) is 19.8 Å². The third-order valence-electron chi connectivity index (χ3n) is 2.78. The highest BCUT2D eigenvalue weighted by Crippen LogP contribution is 2.14. The minimum atomic E-state index is -0.434. The normalized spacial score (nSPS) is 23.9. The van der Waals surface area contributed by atoms with Crippen molar-refractivity contribution < 1.29 is 9.59 Å². The van der Waals surface area contributed by atoms with Crippen LogP contribution in [0.25, 0.3) is 0 Å². The maximum atomic E-state index is 11.7. The minimum absolute atomic E-state index is 0.0579. The number of rotatable bonds is 2. The Morgan fingerprint density at radius 2 is 2.20 bits per heavy atom. The quantitative estimate of drug-likeness (QED) is 0.667. The lowest BCUT2D eigenvalue weighted by Crippen LogP contribution is -2.55. The van der Waals surface area contributed by atoms with Gasteiger partial charge in [-0.25, -0.2) is 0 Å². The van der Waals surface area contributed by atoms with Gasteiger partial charge >= 0.3 is 0 Å². The van der Waals surface area contributed by atoms with Crippen LogP contribution in [0, 0.1) is 0 Å². The Morgan fingerprint density at radius 3 is 2.73 bits per heavy atom. The maximum absolute atomic E-state index is 11.7. The van der Waals surface area contributed by atoms with Crippen molar-refractivity contribution in [3.8, 4) is 0 Å². The van der Waals surface area contributed by atoms with E-state index in [9.17, 15) is 9.59 Å². The second-order valence-electron chi connectivity index (χ2n) is 4.19. The van der Waals surface area contributed by atoms with Crippen molar-refractivity contribution >= 4 is 11.8 Å². The number of piperidine rings is 1. The molecule has 1 heterocycles. The van der Waals surface area contributed by atoms with E-state index in [1.165, 1.54) is 4.90 Å². The van der Waals surface area contributed by atoms with Crippen LogP contribution >= 0.6 is 0 Å². The summed E-state index contributed by atoms with van der Waals surface area (Å²) in [7, 11) is 3.38. The zero-order chi connectivity index (χ0) is 11.6. The maximum Gasteiger partial charge on any atom is 0.244 e. The van der Waals surface area contributed by atoms with Crippen molar-refractivity contribution in [2.75, 3.05) is 20.6 Å². The van der Waals surface area contributed by atoms with Gasteiger partial charge in [-0.3, -0.25) is 9.59 Å². The minimum Gasteiger partial charge on any atom is -0.347 e. The van der Waals surface area contributed by atoms with Crippen LogP contribution in [0.3, 0.4) is 0 Å². The molecule has 1 fully saturated rings. The second-order valence-corrected chi connectivity index (χ2v) is 4.19. The number of carbonyl (C=O) groups excluding carboxylic acids is 2. The van der Waals surface area contributed by atoms with Crippen molar-refractivity contribution in [3.05, 3.63) is 0 Å². The summed E-state index contributed by atoms with van der Waals surface area (Å²) in [5.74, 6) is -0.165. The number of hydrogen-bond donors (Lipinski definition) is 1. The molecule has 0 bridgehead atoms. The van der Waals surface area contributed by atoms with E-state index in [2.05, 4.69) is 0 Å². The molecule has 1 aliphatic rings. The molecule has 2 N–H and O–H groups in total. The Balaban J connectivity index is 2.70. The third-order valence-corrected chi connectivity index (χ3v) is 2.78. The SMILES string of the molecule is C[C@@H](C(=O)N(C)C)N1CCC[C@H](N)C1=O. The average Bonchev–Trinajstić information content (AvgIpc) is 2.20. The Morgan fingerprint density at radius 1 is 1.60 bits per heavy atom. The van der Waals surface area contributed by atoms with Gasteiger partial charge in [0.2, 0.25) is 11.8 Å². The van der Waals surface area contributed by atoms with E-state index >= 15 is 0 Å². The Kier molecular flexibility index (Phi) is 3.68. The smallest absolute Gasteiger partial charge is 0.244 e. The van der Waals surface area contributed by atoms with E-state index in [4.69, 9.17) is 5.73 Å². The fourth-order valence-electron chi connectivity index (χ4n) is 1.82.